The van der Waals surface area contributed by atoms with Gasteiger partial charge in [-0.3, -0.25) is 4.79 Å². The number of hydrogen-bond donors (Lipinski definition) is 2. The third-order valence-electron chi connectivity index (χ3n) is 4.93. The zero-order chi connectivity index (χ0) is 13.2. The average Bonchev–Trinajstić information content (AvgIpc) is 2.95. The minimum Gasteiger partial charge on any atom is -0.354 e. The van der Waals surface area contributed by atoms with Gasteiger partial charge >= 0.3 is 0 Å². The molecule has 1 saturated carbocycles. The first-order valence-corrected chi connectivity index (χ1v) is 7.21. The van der Waals surface area contributed by atoms with E-state index >= 15 is 0 Å². The molecule has 2 N–H and O–H groups in total. The van der Waals surface area contributed by atoms with Crippen LogP contribution in [-0.4, -0.2) is 50.1 Å². The van der Waals surface area contributed by atoms with Crippen molar-refractivity contribution in [2.45, 2.75) is 38.1 Å². The van der Waals surface area contributed by atoms with Crippen LogP contribution in [0, 0.1) is 11.8 Å². The zero-order valence-corrected chi connectivity index (χ0v) is 12.0. The summed E-state index contributed by atoms with van der Waals surface area (Å²) in [4.78, 5) is 14.5. The third kappa shape index (κ3) is 2.69. The van der Waals surface area contributed by atoms with Crippen LogP contribution < -0.4 is 10.6 Å². The molecule has 4 nitrogen and oxygen atoms in total. The lowest BCUT2D eigenvalue weighted by molar-refractivity contribution is -0.126. The van der Waals surface area contributed by atoms with E-state index < -0.39 is 0 Å². The van der Waals surface area contributed by atoms with E-state index in [1.165, 1.54) is 25.7 Å². The number of carbonyl (C=O) groups excluding carboxylic acids is 1. The molecule has 0 spiro atoms. The molecule has 18 heavy (non-hydrogen) atoms. The van der Waals surface area contributed by atoms with Gasteiger partial charge in [-0.15, -0.1) is 0 Å². The fourth-order valence-corrected chi connectivity index (χ4v) is 3.36. The van der Waals surface area contributed by atoms with Crippen molar-refractivity contribution in [1.29, 1.82) is 0 Å². The lowest BCUT2D eigenvalue weighted by Crippen LogP contribution is -2.52. The summed E-state index contributed by atoms with van der Waals surface area (Å²) in [6.07, 6.45) is 4.99. The quantitative estimate of drug-likeness (QED) is 0.780. The van der Waals surface area contributed by atoms with Crippen molar-refractivity contribution in [1.82, 2.24) is 15.5 Å². The van der Waals surface area contributed by atoms with E-state index in [1.54, 1.807) is 0 Å². The summed E-state index contributed by atoms with van der Waals surface area (Å²) in [5.41, 5.74) is 0.199. The lowest BCUT2D eigenvalue weighted by Gasteiger charge is -2.36. The van der Waals surface area contributed by atoms with Crippen molar-refractivity contribution in [3.63, 3.8) is 0 Å². The summed E-state index contributed by atoms with van der Waals surface area (Å²) in [7, 11) is 4.27. The fourth-order valence-electron chi connectivity index (χ4n) is 3.36. The molecule has 2 unspecified atom stereocenters. The first kappa shape index (κ1) is 13.8. The Morgan fingerprint density at radius 3 is 2.50 bits per heavy atom. The number of amides is 1. The molecule has 2 rings (SSSR count). The van der Waals surface area contributed by atoms with Gasteiger partial charge in [-0.05, 0) is 39.4 Å². The van der Waals surface area contributed by atoms with E-state index in [2.05, 4.69) is 36.6 Å². The Morgan fingerprint density at radius 1 is 1.33 bits per heavy atom. The van der Waals surface area contributed by atoms with Gasteiger partial charge in [-0.1, -0.05) is 19.8 Å². The van der Waals surface area contributed by atoms with Crippen LogP contribution >= 0.6 is 0 Å². The molecule has 0 radical (unpaired) electrons. The van der Waals surface area contributed by atoms with Gasteiger partial charge in [-0.2, -0.15) is 0 Å². The molecule has 0 bridgehead atoms. The van der Waals surface area contributed by atoms with Gasteiger partial charge in [0.2, 0.25) is 5.91 Å². The smallest absolute Gasteiger partial charge is 0.224 e. The third-order valence-corrected chi connectivity index (χ3v) is 4.93. The molecule has 1 heterocycles. The monoisotopic (exact) mass is 253 g/mol. The van der Waals surface area contributed by atoms with Crippen molar-refractivity contribution in [3.05, 3.63) is 0 Å². The molecule has 1 amide bonds. The summed E-state index contributed by atoms with van der Waals surface area (Å²) in [6, 6.07) is 0. The number of nitrogens with one attached hydrogen (secondary N) is 2. The highest BCUT2D eigenvalue weighted by Crippen LogP contribution is 2.33. The molecule has 2 aliphatic rings. The van der Waals surface area contributed by atoms with Gasteiger partial charge in [0, 0.05) is 18.6 Å². The Labute approximate surface area is 110 Å². The molecule has 2 atom stereocenters. The summed E-state index contributed by atoms with van der Waals surface area (Å²) in [5, 5.41) is 6.49. The minimum absolute atomic E-state index is 0.158. The van der Waals surface area contributed by atoms with Gasteiger partial charge in [0.1, 0.15) is 0 Å². The van der Waals surface area contributed by atoms with Crippen molar-refractivity contribution in [2.75, 3.05) is 33.7 Å². The van der Waals surface area contributed by atoms with E-state index in [0.29, 0.717) is 5.92 Å². The predicted molar refractivity (Wildman–Crippen MR) is 73.4 cm³/mol. The van der Waals surface area contributed by atoms with E-state index in [9.17, 15) is 4.79 Å². The van der Waals surface area contributed by atoms with Gasteiger partial charge in [-0.25, -0.2) is 0 Å². The second kappa shape index (κ2) is 5.57. The topological polar surface area (TPSA) is 44.4 Å². The molecule has 1 aliphatic carbocycles. The first-order chi connectivity index (χ1) is 8.55. The minimum atomic E-state index is 0.158. The molecule has 1 saturated heterocycles. The van der Waals surface area contributed by atoms with Crippen molar-refractivity contribution in [3.8, 4) is 0 Å². The predicted octanol–water partition coefficient (Wildman–Crippen LogP) is 0.833. The Balaban J connectivity index is 1.88. The Bertz CT molecular complexity index is 297. The van der Waals surface area contributed by atoms with Crippen LogP contribution in [0.5, 0.6) is 0 Å². The normalized spacial score (nSPS) is 30.9. The van der Waals surface area contributed by atoms with Crippen LogP contribution in [0.25, 0.3) is 0 Å². The molecule has 1 aliphatic heterocycles. The van der Waals surface area contributed by atoms with E-state index in [-0.39, 0.29) is 17.4 Å². The molecular formula is C14H27N3O. The van der Waals surface area contributed by atoms with Crippen LogP contribution in [0.4, 0.5) is 0 Å². The van der Waals surface area contributed by atoms with Crippen molar-refractivity contribution >= 4 is 5.91 Å². The van der Waals surface area contributed by atoms with Gasteiger partial charge < -0.3 is 15.5 Å². The maximum absolute atomic E-state index is 12.2. The largest absolute Gasteiger partial charge is 0.354 e. The van der Waals surface area contributed by atoms with Gasteiger partial charge in [0.25, 0.3) is 0 Å². The fraction of sp³-hybridized carbons (Fsp3) is 0.929. The first-order valence-electron chi connectivity index (χ1n) is 7.21. The summed E-state index contributed by atoms with van der Waals surface area (Å²) >= 11 is 0. The number of nitrogens with zero attached hydrogens (tertiary/aromatic N) is 1. The molecule has 2 fully saturated rings. The van der Waals surface area contributed by atoms with Gasteiger partial charge in [0.15, 0.2) is 0 Å². The van der Waals surface area contributed by atoms with E-state index in [1.807, 2.05) is 0 Å². The molecule has 4 heteroatoms. The Kier molecular flexibility index (Phi) is 4.28. The summed E-state index contributed by atoms with van der Waals surface area (Å²) in [5.74, 6) is 0.857. The number of rotatable bonds is 4. The molecule has 0 aromatic rings. The highest BCUT2D eigenvalue weighted by atomic mass is 16.1. The van der Waals surface area contributed by atoms with Gasteiger partial charge in [0.05, 0.1) is 5.92 Å². The zero-order valence-electron chi connectivity index (χ0n) is 12.0. The highest BCUT2D eigenvalue weighted by molar-refractivity contribution is 5.79. The second-order valence-corrected chi connectivity index (χ2v) is 6.29. The average molecular weight is 253 g/mol. The van der Waals surface area contributed by atoms with Crippen molar-refractivity contribution in [2.24, 2.45) is 11.8 Å². The van der Waals surface area contributed by atoms with E-state index in [4.69, 9.17) is 0 Å². The summed E-state index contributed by atoms with van der Waals surface area (Å²) in [6.45, 7) is 4.77. The van der Waals surface area contributed by atoms with Crippen LogP contribution in [-0.2, 0) is 4.79 Å². The van der Waals surface area contributed by atoms with Crippen LogP contribution in [0.3, 0.4) is 0 Å². The lowest BCUT2D eigenvalue weighted by atomic mass is 9.94. The molecule has 0 aromatic heterocycles. The van der Waals surface area contributed by atoms with Crippen LogP contribution in [0.15, 0.2) is 0 Å². The Hall–Kier alpha value is -0.610. The van der Waals surface area contributed by atoms with Crippen LogP contribution in [0.2, 0.25) is 0 Å². The summed E-state index contributed by atoms with van der Waals surface area (Å²) < 4.78 is 0. The maximum atomic E-state index is 12.2. The Morgan fingerprint density at radius 2 is 2.00 bits per heavy atom. The van der Waals surface area contributed by atoms with Crippen LogP contribution in [0.1, 0.15) is 32.6 Å². The number of carbonyl (C=O) groups is 1. The molecule has 0 aromatic carbocycles. The second-order valence-electron chi connectivity index (χ2n) is 6.29. The number of hydrogen-bond acceptors (Lipinski definition) is 3. The maximum Gasteiger partial charge on any atom is 0.224 e. The molecule has 104 valence electrons. The SMILES string of the molecule is CC1CNCC1C(=O)NCC1(N(C)C)CCCC1. The van der Waals surface area contributed by atoms with Crippen molar-refractivity contribution < 1.29 is 4.79 Å². The standard InChI is InChI=1S/C14H27N3O/c1-11-8-15-9-12(11)13(18)16-10-14(17(2)3)6-4-5-7-14/h11-12,15H,4-10H2,1-3H3,(H,16,18). The van der Waals surface area contributed by atoms with E-state index in [0.717, 1.165) is 19.6 Å². The highest BCUT2D eigenvalue weighted by Gasteiger charge is 2.37. The number of likely N-dealkylation sites (N-methyl/N-ethyl adjacent to an activating group) is 1. The molecular weight excluding hydrogens is 226 g/mol.